The van der Waals surface area contributed by atoms with E-state index in [4.69, 9.17) is 0 Å². The summed E-state index contributed by atoms with van der Waals surface area (Å²) in [5.74, 6) is 0.115. The molecule has 0 aliphatic heterocycles. The van der Waals surface area contributed by atoms with Gasteiger partial charge in [-0.3, -0.25) is 4.79 Å². The number of rotatable bonds is 1. The van der Waals surface area contributed by atoms with E-state index in [0.717, 1.165) is 10.9 Å². The lowest BCUT2D eigenvalue weighted by Crippen LogP contribution is -1.97. The third-order valence-electron chi connectivity index (χ3n) is 1.29. The Morgan fingerprint density at radius 3 is 2.60 bits per heavy atom. The van der Waals surface area contributed by atoms with Gasteiger partial charge in [0.15, 0.2) is 5.78 Å². The second kappa shape index (κ2) is 2.94. The highest BCUT2D eigenvalue weighted by Gasteiger charge is 1.95. The van der Waals surface area contributed by atoms with Crippen LogP contribution in [-0.2, 0) is 0 Å². The molecule has 1 aromatic carbocycles. The predicted octanol–water partition coefficient (Wildman–Crippen LogP) is 1.39. The molecule has 1 aromatic rings. The van der Waals surface area contributed by atoms with Crippen LogP contribution in [-0.4, -0.2) is 5.78 Å². The SMILES string of the molecule is CC(=O)c1cccc(P)c1. The van der Waals surface area contributed by atoms with Crippen LogP contribution in [0.15, 0.2) is 24.3 Å². The number of Topliss-reactive ketones (excluding diaryl/α,β-unsaturated/α-hetero) is 1. The largest absolute Gasteiger partial charge is 0.295 e. The molecule has 0 fully saturated rings. The van der Waals surface area contributed by atoms with Crippen LogP contribution in [0.4, 0.5) is 0 Å². The molecule has 0 spiro atoms. The molecular formula is C8H9OP. The first kappa shape index (κ1) is 7.43. The molecule has 1 atom stereocenters. The summed E-state index contributed by atoms with van der Waals surface area (Å²) in [5.41, 5.74) is 0.771. The molecule has 0 saturated carbocycles. The average Bonchev–Trinajstić information content (AvgIpc) is 1.88. The molecule has 0 heterocycles. The van der Waals surface area contributed by atoms with E-state index < -0.39 is 0 Å². The van der Waals surface area contributed by atoms with Crippen LogP contribution < -0.4 is 5.30 Å². The van der Waals surface area contributed by atoms with E-state index in [1.165, 1.54) is 0 Å². The van der Waals surface area contributed by atoms with Crippen LogP contribution in [0.1, 0.15) is 17.3 Å². The Hall–Kier alpha value is -0.680. The molecule has 1 nitrogen and oxygen atoms in total. The van der Waals surface area contributed by atoms with E-state index in [9.17, 15) is 4.79 Å². The second-order valence-electron chi connectivity index (χ2n) is 2.18. The Morgan fingerprint density at radius 2 is 2.20 bits per heavy atom. The van der Waals surface area contributed by atoms with Crippen LogP contribution >= 0.6 is 9.24 Å². The van der Waals surface area contributed by atoms with Gasteiger partial charge in [0, 0.05) is 5.56 Å². The summed E-state index contributed by atoms with van der Waals surface area (Å²) in [6.45, 7) is 1.57. The van der Waals surface area contributed by atoms with Crippen molar-refractivity contribution in [3.63, 3.8) is 0 Å². The van der Waals surface area contributed by atoms with Gasteiger partial charge in [-0.05, 0) is 18.3 Å². The number of ketones is 1. The van der Waals surface area contributed by atoms with Crippen LogP contribution in [0, 0.1) is 0 Å². The third-order valence-corrected chi connectivity index (χ3v) is 1.65. The van der Waals surface area contributed by atoms with Crippen molar-refractivity contribution in [3.8, 4) is 0 Å². The maximum Gasteiger partial charge on any atom is 0.159 e. The van der Waals surface area contributed by atoms with Crippen molar-refractivity contribution in [2.24, 2.45) is 0 Å². The molecule has 0 N–H and O–H groups in total. The predicted molar refractivity (Wildman–Crippen MR) is 45.8 cm³/mol. The minimum Gasteiger partial charge on any atom is -0.295 e. The number of benzene rings is 1. The fraction of sp³-hybridized carbons (Fsp3) is 0.125. The van der Waals surface area contributed by atoms with Gasteiger partial charge < -0.3 is 0 Å². The van der Waals surface area contributed by atoms with Gasteiger partial charge in [-0.15, -0.1) is 9.24 Å². The molecule has 1 unspecified atom stereocenters. The summed E-state index contributed by atoms with van der Waals surface area (Å²) in [6, 6.07) is 7.49. The average molecular weight is 152 g/mol. The zero-order valence-corrected chi connectivity index (χ0v) is 6.95. The Balaban J connectivity index is 3.07. The lowest BCUT2D eigenvalue weighted by atomic mass is 10.2. The number of hydrogen-bond donors (Lipinski definition) is 0. The molecule has 0 saturated heterocycles. The number of carbonyl (C=O) groups excluding carboxylic acids is 1. The molecule has 0 aromatic heterocycles. The fourth-order valence-corrected chi connectivity index (χ4v) is 1.05. The van der Waals surface area contributed by atoms with Crippen LogP contribution in [0.25, 0.3) is 0 Å². The van der Waals surface area contributed by atoms with Crippen molar-refractivity contribution >= 4 is 20.3 Å². The molecule has 1 rings (SSSR count). The molecule has 0 radical (unpaired) electrons. The van der Waals surface area contributed by atoms with Crippen molar-refractivity contribution in [1.82, 2.24) is 0 Å². The van der Waals surface area contributed by atoms with Gasteiger partial charge in [0.05, 0.1) is 0 Å². The van der Waals surface area contributed by atoms with Gasteiger partial charge in [-0.25, -0.2) is 0 Å². The minimum absolute atomic E-state index is 0.115. The Kier molecular flexibility index (Phi) is 2.18. The monoisotopic (exact) mass is 152 g/mol. The van der Waals surface area contributed by atoms with E-state index in [1.54, 1.807) is 6.92 Å². The van der Waals surface area contributed by atoms with Crippen molar-refractivity contribution in [2.45, 2.75) is 6.92 Å². The van der Waals surface area contributed by atoms with E-state index in [-0.39, 0.29) is 5.78 Å². The first-order chi connectivity index (χ1) is 4.70. The number of carbonyl (C=O) groups is 1. The van der Waals surface area contributed by atoms with Gasteiger partial charge >= 0.3 is 0 Å². The van der Waals surface area contributed by atoms with Crippen molar-refractivity contribution in [2.75, 3.05) is 0 Å². The van der Waals surface area contributed by atoms with Crippen molar-refractivity contribution in [1.29, 1.82) is 0 Å². The smallest absolute Gasteiger partial charge is 0.159 e. The van der Waals surface area contributed by atoms with Crippen molar-refractivity contribution < 1.29 is 4.79 Å². The molecule has 10 heavy (non-hydrogen) atoms. The first-order valence-electron chi connectivity index (χ1n) is 3.06. The maximum absolute atomic E-state index is 10.8. The lowest BCUT2D eigenvalue weighted by molar-refractivity contribution is 0.101. The highest BCUT2D eigenvalue weighted by Crippen LogP contribution is 1.99. The quantitative estimate of drug-likeness (QED) is 0.439. The normalized spacial score (nSPS) is 9.40. The van der Waals surface area contributed by atoms with E-state index in [0.29, 0.717) is 0 Å². The second-order valence-corrected chi connectivity index (χ2v) is 2.85. The zero-order chi connectivity index (χ0) is 7.56. The molecule has 2 heteroatoms. The van der Waals surface area contributed by atoms with E-state index in [1.807, 2.05) is 24.3 Å². The minimum atomic E-state index is 0.115. The highest BCUT2D eigenvalue weighted by molar-refractivity contribution is 7.27. The van der Waals surface area contributed by atoms with E-state index in [2.05, 4.69) is 9.24 Å². The third kappa shape index (κ3) is 1.65. The molecular weight excluding hydrogens is 143 g/mol. The maximum atomic E-state index is 10.8. The van der Waals surface area contributed by atoms with Gasteiger partial charge in [-0.2, -0.15) is 0 Å². The Bertz CT molecular complexity index is 255. The van der Waals surface area contributed by atoms with Crippen LogP contribution in [0.3, 0.4) is 0 Å². The van der Waals surface area contributed by atoms with Gasteiger partial charge in [0.25, 0.3) is 0 Å². The molecule has 0 aliphatic carbocycles. The topological polar surface area (TPSA) is 17.1 Å². The molecule has 0 aliphatic rings. The first-order valence-corrected chi connectivity index (χ1v) is 3.64. The van der Waals surface area contributed by atoms with E-state index >= 15 is 0 Å². The van der Waals surface area contributed by atoms with Crippen LogP contribution in [0.5, 0.6) is 0 Å². The van der Waals surface area contributed by atoms with Gasteiger partial charge in [0.1, 0.15) is 0 Å². The standard InChI is InChI=1S/C8H9OP/c1-6(9)7-3-2-4-8(10)5-7/h2-5H,10H2,1H3. The zero-order valence-electron chi connectivity index (χ0n) is 5.79. The Morgan fingerprint density at radius 1 is 1.50 bits per heavy atom. The van der Waals surface area contributed by atoms with Crippen molar-refractivity contribution in [3.05, 3.63) is 29.8 Å². The van der Waals surface area contributed by atoms with Crippen LogP contribution in [0.2, 0.25) is 0 Å². The molecule has 52 valence electrons. The summed E-state index contributed by atoms with van der Waals surface area (Å²) in [4.78, 5) is 10.8. The fourth-order valence-electron chi connectivity index (χ4n) is 0.758. The summed E-state index contributed by atoms with van der Waals surface area (Å²) in [5, 5.41) is 1.05. The summed E-state index contributed by atoms with van der Waals surface area (Å²) in [6.07, 6.45) is 0. The van der Waals surface area contributed by atoms with Gasteiger partial charge in [-0.1, -0.05) is 18.2 Å². The molecule has 0 bridgehead atoms. The summed E-state index contributed by atoms with van der Waals surface area (Å²) in [7, 11) is 2.56. The summed E-state index contributed by atoms with van der Waals surface area (Å²) < 4.78 is 0. The van der Waals surface area contributed by atoms with Gasteiger partial charge in [0.2, 0.25) is 0 Å². The summed E-state index contributed by atoms with van der Waals surface area (Å²) >= 11 is 0. The number of hydrogen-bond acceptors (Lipinski definition) is 1. The molecule has 0 amide bonds. The Labute approximate surface area is 62.7 Å². The lowest BCUT2D eigenvalue weighted by Gasteiger charge is -1.94. The highest BCUT2D eigenvalue weighted by atomic mass is 31.0.